The molecule has 7 heteroatoms. The van der Waals surface area contributed by atoms with Gasteiger partial charge in [-0.25, -0.2) is 4.79 Å². The first-order chi connectivity index (χ1) is 18.0. The molecule has 1 aliphatic rings. The average molecular weight is 498 g/mol. The van der Waals surface area contributed by atoms with E-state index < -0.39 is 0 Å². The molecule has 0 spiro atoms. The van der Waals surface area contributed by atoms with Crippen molar-refractivity contribution in [1.82, 2.24) is 15.5 Å². The molecule has 4 rings (SSSR count). The summed E-state index contributed by atoms with van der Waals surface area (Å²) in [5.74, 6) is 0.323. The van der Waals surface area contributed by atoms with Crippen molar-refractivity contribution in [1.29, 1.82) is 5.41 Å². The van der Waals surface area contributed by atoms with Crippen LogP contribution in [-0.2, 0) is 0 Å². The minimum absolute atomic E-state index is 0.0246. The number of hydrogen-bond donors (Lipinski definition) is 4. The minimum Gasteiger partial charge on any atom is -0.384 e. The number of carbonyl (C=O) groups excluding carboxylic acids is 2. The van der Waals surface area contributed by atoms with Crippen LogP contribution in [0.2, 0.25) is 0 Å². The maximum atomic E-state index is 12.8. The van der Waals surface area contributed by atoms with E-state index in [4.69, 9.17) is 11.1 Å². The van der Waals surface area contributed by atoms with Crippen LogP contribution in [0.25, 0.3) is 0 Å². The van der Waals surface area contributed by atoms with Crippen molar-refractivity contribution in [2.45, 2.75) is 25.2 Å². The number of rotatable bonds is 9. The van der Waals surface area contributed by atoms with Gasteiger partial charge in [-0.3, -0.25) is 10.2 Å². The highest BCUT2D eigenvalue weighted by molar-refractivity contribution is 6.00. The number of hydrogen-bond acceptors (Lipinski definition) is 3. The second-order valence-corrected chi connectivity index (χ2v) is 9.53. The van der Waals surface area contributed by atoms with Crippen LogP contribution in [0.5, 0.6) is 0 Å². The Morgan fingerprint density at radius 2 is 1.46 bits per heavy atom. The second-order valence-electron chi connectivity index (χ2n) is 9.53. The highest BCUT2D eigenvalue weighted by Gasteiger charge is 2.23. The van der Waals surface area contributed by atoms with Crippen molar-refractivity contribution in [3.05, 3.63) is 107 Å². The molecule has 0 aromatic heterocycles. The van der Waals surface area contributed by atoms with Gasteiger partial charge in [-0.1, -0.05) is 72.8 Å². The number of nitrogens with zero attached hydrogens (tertiary/aromatic N) is 1. The number of piperidine rings is 1. The number of likely N-dealkylation sites (tertiary alicyclic amines) is 1. The highest BCUT2D eigenvalue weighted by Crippen LogP contribution is 2.27. The standard InChI is InChI=1S/C30H35N5O2/c31-28(32)25-12-7-13-26(20-25)29(36)34-21-22-15-18-35(19-16-22)30(37)33-17-14-27(23-8-3-1-4-9-23)24-10-5-2-6-11-24/h1-13,20,22,27H,14-19,21H2,(H3,31,32)(H,33,37)(H,34,36). The molecule has 0 saturated carbocycles. The van der Waals surface area contributed by atoms with Crippen LogP contribution < -0.4 is 16.4 Å². The number of nitrogens with one attached hydrogen (secondary N) is 3. The first kappa shape index (κ1) is 25.9. The average Bonchev–Trinajstić information content (AvgIpc) is 2.95. The van der Waals surface area contributed by atoms with E-state index >= 15 is 0 Å². The van der Waals surface area contributed by atoms with Crippen LogP contribution in [0.4, 0.5) is 4.79 Å². The lowest BCUT2D eigenvalue weighted by Gasteiger charge is -2.32. The highest BCUT2D eigenvalue weighted by atomic mass is 16.2. The number of amides is 3. The summed E-state index contributed by atoms with van der Waals surface area (Å²) in [6, 6.07) is 27.6. The molecule has 0 aliphatic carbocycles. The van der Waals surface area contributed by atoms with E-state index in [1.54, 1.807) is 24.3 Å². The Kier molecular flexibility index (Phi) is 8.92. The fraction of sp³-hybridized carbons (Fsp3) is 0.300. The van der Waals surface area contributed by atoms with E-state index in [0.717, 1.165) is 19.3 Å². The fourth-order valence-electron chi connectivity index (χ4n) is 4.84. The van der Waals surface area contributed by atoms with Crippen LogP contribution >= 0.6 is 0 Å². The van der Waals surface area contributed by atoms with Crippen LogP contribution in [0.15, 0.2) is 84.9 Å². The van der Waals surface area contributed by atoms with Crippen molar-refractivity contribution in [2.75, 3.05) is 26.2 Å². The monoisotopic (exact) mass is 497 g/mol. The van der Waals surface area contributed by atoms with E-state index in [1.165, 1.54) is 11.1 Å². The molecule has 7 nitrogen and oxygen atoms in total. The topological polar surface area (TPSA) is 111 Å². The third kappa shape index (κ3) is 7.19. The van der Waals surface area contributed by atoms with Crippen LogP contribution in [0, 0.1) is 11.3 Å². The molecule has 37 heavy (non-hydrogen) atoms. The van der Waals surface area contributed by atoms with Crippen molar-refractivity contribution >= 4 is 17.8 Å². The summed E-state index contributed by atoms with van der Waals surface area (Å²) in [6.07, 6.45) is 2.52. The summed E-state index contributed by atoms with van der Waals surface area (Å²) in [6.45, 7) is 2.51. The summed E-state index contributed by atoms with van der Waals surface area (Å²) in [4.78, 5) is 27.2. The van der Waals surface area contributed by atoms with Crippen molar-refractivity contribution < 1.29 is 9.59 Å². The van der Waals surface area contributed by atoms with Crippen LogP contribution in [0.3, 0.4) is 0 Å². The summed E-state index contributed by atoms with van der Waals surface area (Å²) >= 11 is 0. The van der Waals surface area contributed by atoms with E-state index in [9.17, 15) is 9.59 Å². The van der Waals surface area contributed by atoms with Gasteiger partial charge in [-0.15, -0.1) is 0 Å². The minimum atomic E-state index is -0.172. The molecule has 1 fully saturated rings. The predicted octanol–water partition coefficient (Wildman–Crippen LogP) is 4.34. The largest absolute Gasteiger partial charge is 0.384 e. The van der Waals surface area contributed by atoms with Crippen LogP contribution in [-0.4, -0.2) is 48.9 Å². The number of nitrogens with two attached hydrogens (primary N) is 1. The molecular weight excluding hydrogens is 462 g/mol. The summed E-state index contributed by atoms with van der Waals surface area (Å²) < 4.78 is 0. The van der Waals surface area contributed by atoms with Gasteiger partial charge in [-0.05, 0) is 48.4 Å². The van der Waals surface area contributed by atoms with E-state index in [-0.39, 0.29) is 23.7 Å². The van der Waals surface area contributed by atoms with E-state index in [0.29, 0.717) is 43.2 Å². The predicted molar refractivity (Wildman–Crippen MR) is 147 cm³/mol. The Balaban J connectivity index is 1.21. The summed E-state index contributed by atoms with van der Waals surface area (Å²) in [7, 11) is 0. The normalized spacial score (nSPS) is 13.8. The van der Waals surface area contributed by atoms with Gasteiger partial charge in [-0.2, -0.15) is 0 Å². The van der Waals surface area contributed by atoms with Crippen molar-refractivity contribution in [3.8, 4) is 0 Å². The molecule has 1 saturated heterocycles. The number of amidine groups is 1. The Morgan fingerprint density at radius 3 is 2.05 bits per heavy atom. The lowest BCUT2D eigenvalue weighted by Crippen LogP contribution is -2.46. The smallest absolute Gasteiger partial charge is 0.317 e. The zero-order valence-electron chi connectivity index (χ0n) is 21.0. The Hall–Kier alpha value is -4.13. The van der Waals surface area contributed by atoms with Gasteiger partial charge in [0.2, 0.25) is 0 Å². The van der Waals surface area contributed by atoms with E-state index in [1.807, 2.05) is 17.0 Å². The summed E-state index contributed by atoms with van der Waals surface area (Å²) in [5.41, 5.74) is 9.05. The molecule has 1 aliphatic heterocycles. The second kappa shape index (κ2) is 12.7. The molecule has 0 unspecified atom stereocenters. The van der Waals surface area contributed by atoms with Gasteiger partial charge in [0.15, 0.2) is 0 Å². The molecule has 5 N–H and O–H groups in total. The van der Waals surface area contributed by atoms with Gasteiger partial charge in [0.25, 0.3) is 5.91 Å². The van der Waals surface area contributed by atoms with Crippen molar-refractivity contribution in [3.63, 3.8) is 0 Å². The van der Waals surface area contributed by atoms with Gasteiger partial charge in [0, 0.05) is 43.2 Å². The third-order valence-electron chi connectivity index (χ3n) is 7.00. The molecule has 0 radical (unpaired) electrons. The third-order valence-corrected chi connectivity index (χ3v) is 7.00. The Labute approximate surface area is 218 Å². The molecule has 1 heterocycles. The number of benzene rings is 3. The van der Waals surface area contributed by atoms with E-state index in [2.05, 4.69) is 59.2 Å². The first-order valence-electron chi connectivity index (χ1n) is 12.9. The van der Waals surface area contributed by atoms with Crippen molar-refractivity contribution in [2.24, 2.45) is 11.7 Å². The van der Waals surface area contributed by atoms with Crippen LogP contribution in [0.1, 0.15) is 52.2 Å². The Morgan fingerprint density at radius 1 is 0.865 bits per heavy atom. The molecular formula is C30H35N5O2. The van der Waals surface area contributed by atoms with Gasteiger partial charge >= 0.3 is 6.03 Å². The van der Waals surface area contributed by atoms with Gasteiger partial charge in [0.05, 0.1) is 0 Å². The first-order valence-corrected chi connectivity index (χ1v) is 12.9. The van der Waals surface area contributed by atoms with Gasteiger partial charge in [0.1, 0.15) is 5.84 Å². The molecule has 3 amide bonds. The molecule has 192 valence electrons. The lowest BCUT2D eigenvalue weighted by molar-refractivity contribution is 0.0938. The molecule has 0 bridgehead atoms. The zero-order chi connectivity index (χ0) is 26.0. The SMILES string of the molecule is N=C(N)c1cccc(C(=O)NCC2CCN(C(=O)NCCC(c3ccccc3)c3ccccc3)CC2)c1. The Bertz CT molecular complexity index is 1150. The maximum Gasteiger partial charge on any atom is 0.317 e. The molecule has 3 aromatic rings. The number of carbonyl (C=O) groups is 2. The quantitative estimate of drug-likeness (QED) is 0.261. The number of urea groups is 1. The number of nitrogen functional groups attached to an aromatic ring is 1. The molecule has 3 aromatic carbocycles. The lowest BCUT2D eigenvalue weighted by atomic mass is 9.88. The molecule has 0 atom stereocenters. The van der Waals surface area contributed by atoms with Gasteiger partial charge < -0.3 is 21.3 Å². The maximum absolute atomic E-state index is 12.8. The summed E-state index contributed by atoms with van der Waals surface area (Å²) in [5, 5.41) is 13.6. The fourth-order valence-corrected chi connectivity index (χ4v) is 4.84. The zero-order valence-corrected chi connectivity index (χ0v) is 21.0.